The molecular formula is C12H16N4O2. The summed E-state index contributed by atoms with van der Waals surface area (Å²) in [7, 11) is 1.83. The van der Waals surface area contributed by atoms with Crippen molar-refractivity contribution >= 4 is 0 Å². The van der Waals surface area contributed by atoms with Crippen molar-refractivity contribution in [3.05, 3.63) is 51.3 Å². The molecule has 0 spiro atoms. The van der Waals surface area contributed by atoms with Crippen LogP contribution >= 0.6 is 0 Å². The minimum Gasteiger partial charge on any atom is -0.337 e. The van der Waals surface area contributed by atoms with Crippen molar-refractivity contribution in [3.63, 3.8) is 0 Å². The van der Waals surface area contributed by atoms with Crippen molar-refractivity contribution in [2.45, 2.75) is 26.4 Å². The van der Waals surface area contributed by atoms with Gasteiger partial charge in [-0.25, -0.2) is 9.78 Å². The van der Waals surface area contributed by atoms with Crippen molar-refractivity contribution < 1.29 is 0 Å². The van der Waals surface area contributed by atoms with Gasteiger partial charge in [0.25, 0.3) is 5.56 Å². The van der Waals surface area contributed by atoms with Crippen LogP contribution in [0.25, 0.3) is 0 Å². The molecule has 0 saturated carbocycles. The summed E-state index contributed by atoms with van der Waals surface area (Å²) in [5, 5.41) is 0. The minimum absolute atomic E-state index is 0.200. The monoisotopic (exact) mass is 248 g/mol. The van der Waals surface area contributed by atoms with E-state index in [9.17, 15) is 9.59 Å². The normalized spacial score (nSPS) is 10.8. The van der Waals surface area contributed by atoms with Crippen LogP contribution in [0, 0.1) is 0 Å². The van der Waals surface area contributed by atoms with Crippen LogP contribution in [0.3, 0.4) is 0 Å². The third-order valence-electron chi connectivity index (χ3n) is 2.82. The van der Waals surface area contributed by atoms with Gasteiger partial charge in [-0.3, -0.25) is 9.36 Å². The van der Waals surface area contributed by atoms with Crippen LogP contribution in [0.4, 0.5) is 0 Å². The zero-order chi connectivity index (χ0) is 13.1. The summed E-state index contributed by atoms with van der Waals surface area (Å²) in [5.41, 5.74) is -0.581. The van der Waals surface area contributed by atoms with E-state index < -0.39 is 0 Å². The lowest BCUT2D eigenvalue weighted by molar-refractivity contribution is 0.556. The lowest BCUT2D eigenvalue weighted by Gasteiger charge is -2.08. The highest BCUT2D eigenvalue weighted by Crippen LogP contribution is 1.95. The van der Waals surface area contributed by atoms with Gasteiger partial charge in [-0.1, -0.05) is 6.92 Å². The van der Waals surface area contributed by atoms with Crippen molar-refractivity contribution in [1.29, 1.82) is 0 Å². The second-order valence-electron chi connectivity index (χ2n) is 4.17. The molecule has 2 aromatic rings. The van der Waals surface area contributed by atoms with E-state index in [1.807, 2.05) is 14.0 Å². The van der Waals surface area contributed by atoms with E-state index in [2.05, 4.69) is 4.98 Å². The van der Waals surface area contributed by atoms with Gasteiger partial charge in [0.1, 0.15) is 5.82 Å². The van der Waals surface area contributed by atoms with Crippen molar-refractivity contribution in [2.75, 3.05) is 0 Å². The van der Waals surface area contributed by atoms with Crippen LogP contribution in [0.15, 0.2) is 34.2 Å². The average molecular weight is 248 g/mol. The number of aryl methyl sites for hydroxylation is 2. The molecule has 2 aromatic heterocycles. The van der Waals surface area contributed by atoms with Gasteiger partial charge < -0.3 is 9.13 Å². The summed E-state index contributed by atoms with van der Waals surface area (Å²) in [4.78, 5) is 28.0. The number of hydrogen-bond acceptors (Lipinski definition) is 3. The lowest BCUT2D eigenvalue weighted by atomic mass is 10.4. The van der Waals surface area contributed by atoms with Gasteiger partial charge in [0, 0.05) is 38.2 Å². The Kier molecular flexibility index (Phi) is 3.45. The quantitative estimate of drug-likeness (QED) is 0.776. The second-order valence-corrected chi connectivity index (χ2v) is 4.17. The van der Waals surface area contributed by atoms with Crippen molar-refractivity contribution in [1.82, 2.24) is 18.7 Å². The largest absolute Gasteiger partial charge is 0.337 e. The predicted molar refractivity (Wildman–Crippen MR) is 67.6 cm³/mol. The number of aromatic nitrogens is 4. The zero-order valence-electron chi connectivity index (χ0n) is 10.5. The molecule has 0 aromatic carbocycles. The van der Waals surface area contributed by atoms with E-state index in [0.717, 1.165) is 6.42 Å². The van der Waals surface area contributed by atoms with Gasteiger partial charge >= 0.3 is 5.69 Å². The molecule has 0 saturated heterocycles. The highest BCUT2D eigenvalue weighted by molar-refractivity contribution is 4.95. The second kappa shape index (κ2) is 5.03. The standard InChI is InChI=1S/C12H16N4O2/c1-3-6-15-7-4-11(17)16(12(15)18)9-10-13-5-8-14(10)2/h4-5,7-8H,3,6,9H2,1-2H3. The van der Waals surface area contributed by atoms with Crippen LogP contribution < -0.4 is 11.2 Å². The van der Waals surface area contributed by atoms with Crippen LogP contribution in [0.5, 0.6) is 0 Å². The average Bonchev–Trinajstić information content (AvgIpc) is 2.74. The third kappa shape index (κ3) is 2.27. The predicted octanol–water partition coefficient (Wildman–Crippen LogP) is 0.202. The molecule has 2 rings (SSSR count). The molecule has 0 aliphatic heterocycles. The Morgan fingerprint density at radius 1 is 1.28 bits per heavy atom. The Balaban J connectivity index is 2.44. The number of imidazole rings is 1. The molecule has 6 nitrogen and oxygen atoms in total. The lowest BCUT2D eigenvalue weighted by Crippen LogP contribution is -2.39. The van der Waals surface area contributed by atoms with Crippen LogP contribution in [0.1, 0.15) is 19.2 Å². The number of rotatable bonds is 4. The minimum atomic E-state index is -0.296. The Morgan fingerprint density at radius 2 is 2.06 bits per heavy atom. The first-order chi connectivity index (χ1) is 8.63. The van der Waals surface area contributed by atoms with E-state index in [-0.39, 0.29) is 17.8 Å². The van der Waals surface area contributed by atoms with Crippen LogP contribution in [0.2, 0.25) is 0 Å². The number of hydrogen-bond donors (Lipinski definition) is 0. The van der Waals surface area contributed by atoms with Gasteiger partial charge in [0.15, 0.2) is 0 Å². The third-order valence-corrected chi connectivity index (χ3v) is 2.82. The molecule has 0 N–H and O–H groups in total. The van der Waals surface area contributed by atoms with E-state index >= 15 is 0 Å². The summed E-state index contributed by atoms with van der Waals surface area (Å²) in [6.45, 7) is 2.80. The Morgan fingerprint density at radius 3 is 2.67 bits per heavy atom. The molecule has 0 aliphatic rings. The van der Waals surface area contributed by atoms with Gasteiger partial charge in [0.05, 0.1) is 6.54 Å². The molecule has 0 bridgehead atoms. The molecule has 0 amide bonds. The zero-order valence-corrected chi connectivity index (χ0v) is 10.5. The van der Waals surface area contributed by atoms with E-state index in [0.29, 0.717) is 12.4 Å². The maximum absolute atomic E-state index is 12.1. The molecule has 0 radical (unpaired) electrons. The van der Waals surface area contributed by atoms with Gasteiger partial charge in [-0.2, -0.15) is 0 Å². The first-order valence-electron chi connectivity index (χ1n) is 5.90. The van der Waals surface area contributed by atoms with Gasteiger partial charge in [-0.05, 0) is 6.42 Å². The molecule has 96 valence electrons. The maximum atomic E-state index is 12.1. The first-order valence-corrected chi connectivity index (χ1v) is 5.90. The molecule has 0 aliphatic carbocycles. The topological polar surface area (TPSA) is 61.8 Å². The fourth-order valence-corrected chi connectivity index (χ4v) is 1.80. The summed E-state index contributed by atoms with van der Waals surface area (Å²) in [6.07, 6.45) is 5.82. The summed E-state index contributed by atoms with van der Waals surface area (Å²) in [6, 6.07) is 1.42. The van der Waals surface area contributed by atoms with Crippen molar-refractivity contribution in [2.24, 2.45) is 7.05 Å². The Bertz CT molecular complexity index is 651. The highest BCUT2D eigenvalue weighted by Gasteiger charge is 2.07. The van der Waals surface area contributed by atoms with Gasteiger partial charge in [-0.15, -0.1) is 0 Å². The molecular weight excluding hydrogens is 232 g/mol. The fourth-order valence-electron chi connectivity index (χ4n) is 1.80. The van der Waals surface area contributed by atoms with Crippen molar-refractivity contribution in [3.8, 4) is 0 Å². The molecule has 0 fully saturated rings. The Hall–Kier alpha value is -2.11. The van der Waals surface area contributed by atoms with Gasteiger partial charge in [0.2, 0.25) is 0 Å². The maximum Gasteiger partial charge on any atom is 0.331 e. The molecule has 0 unspecified atom stereocenters. The molecule has 2 heterocycles. The highest BCUT2D eigenvalue weighted by atomic mass is 16.2. The smallest absolute Gasteiger partial charge is 0.331 e. The van der Waals surface area contributed by atoms with E-state index in [1.54, 1.807) is 27.7 Å². The summed E-state index contributed by atoms with van der Waals surface area (Å²) < 4.78 is 4.55. The summed E-state index contributed by atoms with van der Waals surface area (Å²) >= 11 is 0. The van der Waals surface area contributed by atoms with Crippen LogP contribution in [-0.4, -0.2) is 18.7 Å². The fraction of sp³-hybridized carbons (Fsp3) is 0.417. The first kappa shape index (κ1) is 12.3. The summed E-state index contributed by atoms with van der Waals surface area (Å²) in [5.74, 6) is 0.684. The van der Waals surface area contributed by atoms with E-state index in [4.69, 9.17) is 0 Å². The van der Waals surface area contributed by atoms with Crippen LogP contribution in [-0.2, 0) is 20.1 Å². The Labute approximate surface area is 104 Å². The molecule has 18 heavy (non-hydrogen) atoms. The molecule has 0 atom stereocenters. The SMILES string of the molecule is CCCn1ccc(=O)n(Cc2nccn2C)c1=O. The molecule has 6 heteroatoms. The van der Waals surface area contributed by atoms with E-state index in [1.165, 1.54) is 10.6 Å². The number of nitrogens with zero attached hydrogens (tertiary/aromatic N) is 4.